The molecule has 0 aliphatic carbocycles. The number of unbranched alkanes of at least 4 members (excludes halogenated alkanes) is 2. The second-order valence-electron chi connectivity index (χ2n) is 32.8. The molecule has 5 aromatic rings. The summed E-state index contributed by atoms with van der Waals surface area (Å²) in [5, 5.41) is 69.3. The van der Waals surface area contributed by atoms with E-state index in [2.05, 4.69) is 59.4 Å². The van der Waals surface area contributed by atoms with Crippen LogP contribution in [-0.4, -0.2) is 306 Å². The summed E-state index contributed by atoms with van der Waals surface area (Å²) < 4.78 is 0.838. The Morgan fingerprint density at radius 2 is 1.03 bits per heavy atom. The van der Waals surface area contributed by atoms with Gasteiger partial charge in [0.25, 0.3) is 0 Å². The van der Waals surface area contributed by atoms with Crippen LogP contribution >= 0.6 is 23.1 Å². The number of likely N-dealkylation sites (N-methyl/N-ethyl adjacent to an activating group) is 2. The van der Waals surface area contributed by atoms with E-state index in [4.69, 9.17) is 22.9 Å². The number of nitrogens with two attached hydrogens (primary N) is 4. The number of primary amides is 1. The lowest BCUT2D eigenvalue weighted by Gasteiger charge is -2.36. The fourth-order valence-electron chi connectivity index (χ4n) is 16.5. The predicted octanol–water partition coefficient (Wildman–Crippen LogP) is -1.76. The highest BCUT2D eigenvalue weighted by Gasteiger charge is 2.47. The molecule has 1 unspecified atom stereocenters. The van der Waals surface area contributed by atoms with Crippen LogP contribution in [0.15, 0.2) is 96.6 Å². The number of hydrogen-bond acceptors (Lipinski definition) is 25. The average Bonchev–Trinajstić information content (AvgIpc) is 1.39. The molecule has 4 saturated heterocycles. The van der Waals surface area contributed by atoms with Gasteiger partial charge in [0, 0.05) is 119 Å². The lowest BCUT2D eigenvalue weighted by molar-refractivity contribution is -0.149. The van der Waals surface area contributed by atoms with Crippen molar-refractivity contribution in [3.8, 4) is 5.75 Å². The van der Waals surface area contributed by atoms with Gasteiger partial charge in [0.15, 0.2) is 5.78 Å². The lowest BCUT2D eigenvalue weighted by Crippen LogP contribution is -2.62. The molecule has 2 aromatic heterocycles. The summed E-state index contributed by atoms with van der Waals surface area (Å²) >= 11 is 2.28. The van der Waals surface area contributed by atoms with E-state index in [0.717, 1.165) is 36.5 Å². The van der Waals surface area contributed by atoms with E-state index < -0.39 is 229 Å². The Kier molecular flexibility index (Phi) is 37.3. The Labute approximate surface area is 753 Å². The van der Waals surface area contributed by atoms with Crippen molar-refractivity contribution in [1.82, 2.24) is 77.3 Å². The number of fused-ring (bicyclic) bond motifs is 5. The van der Waals surface area contributed by atoms with Crippen molar-refractivity contribution in [1.29, 1.82) is 0 Å². The van der Waals surface area contributed by atoms with E-state index in [-0.39, 0.29) is 120 Å². The zero-order valence-electron chi connectivity index (χ0n) is 72.6. The Hall–Kier alpha value is -12.1. The first kappa shape index (κ1) is 101. The third kappa shape index (κ3) is 27.0. The van der Waals surface area contributed by atoms with Crippen molar-refractivity contribution in [2.75, 3.05) is 64.9 Å². The topological polar surface area (TPSA) is 615 Å². The minimum Gasteiger partial charge on any atom is -0.508 e. The number of aromatic hydroxyl groups is 1. The molecule has 700 valence electrons. The van der Waals surface area contributed by atoms with E-state index in [1.165, 1.54) is 59.5 Å². The number of amides is 14. The van der Waals surface area contributed by atoms with Gasteiger partial charge in [-0.1, -0.05) is 94.6 Å². The number of Topliss-reactive ketones (excluding diaryl/α,β-unsaturated/α-hetero) is 1. The predicted molar refractivity (Wildman–Crippen MR) is 476 cm³/mol. The highest BCUT2D eigenvalue weighted by molar-refractivity contribution is 8.00. The number of carboxylic acids is 2. The maximum absolute atomic E-state index is 15.7. The van der Waals surface area contributed by atoms with Gasteiger partial charge in [-0.3, -0.25) is 81.5 Å². The fourth-order valence-corrected chi connectivity index (χ4v) is 18.4. The SMILES string of the molecule is C=C1N[C@H](C(=O)CCC(N)=O)CSCC(=O)N[C@@H](Cc2ccc(O)cc2)C(=O)N2CCC[C@H]2C(=O)N[C@@H](CC(=O)O)C(=O)N2CCC[C@H]2C(=O)N[C@@H](CN)C(=O)NC(CC(=O)O)C(=O)N2C[C@H](O)C[C@H]2C(=O)N[C@@H](Cc2c[nH]c3ccccc23)C(=O)N[C@@H](CCN)C(=O)N[C@@H](Cc2csc3ccccc23)C(=O)N(C)[C@@H](CCCC)C(=O)N(C)[C@@H](CCCC)C(=O)N[C@H]1CN. The second-order valence-corrected chi connectivity index (χ2v) is 34.8. The standard InChI is InChI=1S/C87H119N19O21S2/c1-6-8-19-65-79(119)100-62(40-89)47(3)93-64(70(109)28-29-72(91)110)45-128-46-73(111)94-58(34-48-24-26-51(107)27-25-48)84(124)104-32-14-21-66(104)80(120)99-60(38-74(112)113)85(125)105-33-15-22-67(105)81(121)101-63(41-90)78(118)98-61(39-75(114)115)86(126)106-43-52(108)37-69(106)82(122)96-57(35-49-42-92-55-18-12-10-16-53(49)55)77(117)95-56(30-31-88)76(116)97-59(36-50-44-129-71-23-13-11-17-54(50)71)83(123)103(5)68(20-9-7-2)87(127)102(65)4/h10-13,16-18,23-27,42,44,52,56-69,92-93,107-108H,3,6-9,14-15,19-22,28-41,43,45-46,88-90H2,1-2,4-5H3,(H2,91,110)(H,94,111)(H,95,117)(H,96,122)(H,97,116)(H,98,118)(H,99,120)(H,100,119)(H,101,121)(H,112,113)(H,114,115)/t52-,56+,57+,58+,59+,60+,61?,62+,63+,64+,65+,66+,67+,68+,69+/m1/s1. The number of phenolic OH excluding ortho intramolecular Hbond substituents is 1. The fraction of sp³-hybridized carbons (Fsp3) is 0.529. The van der Waals surface area contributed by atoms with E-state index >= 15 is 28.8 Å². The van der Waals surface area contributed by atoms with Crippen molar-refractivity contribution in [2.24, 2.45) is 22.9 Å². The number of nitrogens with zero attached hydrogens (tertiary/aromatic N) is 5. The Bertz CT molecular complexity index is 4920. The number of aliphatic hydroxyl groups excluding tert-OH is 1. The number of nitrogens with one attached hydrogen (secondary N) is 10. The van der Waals surface area contributed by atoms with E-state index in [1.54, 1.807) is 36.5 Å². The number of phenols is 1. The molecular weight excluding hydrogens is 1710 g/mol. The number of aliphatic carboxylic acids is 2. The Morgan fingerprint density at radius 1 is 0.519 bits per heavy atom. The van der Waals surface area contributed by atoms with Crippen molar-refractivity contribution in [2.45, 2.75) is 227 Å². The van der Waals surface area contributed by atoms with Crippen molar-refractivity contribution < 1.29 is 102 Å². The van der Waals surface area contributed by atoms with E-state index in [0.29, 0.717) is 53.3 Å². The Morgan fingerprint density at radius 3 is 1.64 bits per heavy atom. The number of carbonyl (C=O) groups excluding carboxylic acids is 15. The molecule has 4 aliphatic rings. The van der Waals surface area contributed by atoms with E-state index in [9.17, 15) is 73.2 Å². The molecule has 0 saturated carbocycles. The van der Waals surface area contributed by atoms with Gasteiger partial charge in [-0.05, 0) is 103 Å². The molecule has 6 heterocycles. The molecule has 0 bridgehead atoms. The van der Waals surface area contributed by atoms with Crippen molar-refractivity contribution in [3.05, 3.63) is 113 Å². The first-order valence-corrected chi connectivity index (χ1v) is 45.3. The summed E-state index contributed by atoms with van der Waals surface area (Å²) in [5.74, 6) is -17.6. The molecule has 9 rings (SSSR count). The normalized spacial score (nSPS) is 25.8. The number of aliphatic hydroxyl groups is 1. The molecule has 14 amide bonds. The first-order chi connectivity index (χ1) is 61.6. The maximum Gasteiger partial charge on any atom is 0.305 e. The average molecular weight is 1830 g/mol. The highest BCUT2D eigenvalue weighted by Crippen LogP contribution is 2.31. The summed E-state index contributed by atoms with van der Waals surface area (Å²) in [6, 6.07) is -1.44. The quantitative estimate of drug-likeness (QED) is 0.0325. The van der Waals surface area contributed by atoms with Crippen molar-refractivity contribution >= 4 is 145 Å². The number of aromatic nitrogens is 1. The van der Waals surface area contributed by atoms with Crippen LogP contribution in [0, 0.1) is 0 Å². The van der Waals surface area contributed by atoms with Crippen LogP contribution in [0.25, 0.3) is 21.0 Å². The van der Waals surface area contributed by atoms with Gasteiger partial charge in [0.05, 0.1) is 36.8 Å². The van der Waals surface area contributed by atoms with Crippen LogP contribution < -0.4 is 70.8 Å². The van der Waals surface area contributed by atoms with Gasteiger partial charge in [0.1, 0.15) is 78.3 Å². The first-order valence-electron chi connectivity index (χ1n) is 43.3. The van der Waals surface area contributed by atoms with Gasteiger partial charge in [-0.15, -0.1) is 23.1 Å². The summed E-state index contributed by atoms with van der Waals surface area (Å²) in [5.41, 5.74) is 26.3. The minimum absolute atomic E-state index is 0.00467. The number of carbonyl (C=O) groups is 17. The van der Waals surface area contributed by atoms with Crippen LogP contribution in [0.1, 0.15) is 133 Å². The second kappa shape index (κ2) is 47.8. The van der Waals surface area contributed by atoms with Gasteiger partial charge in [-0.2, -0.15) is 0 Å². The monoisotopic (exact) mass is 1830 g/mol. The molecule has 129 heavy (non-hydrogen) atoms. The molecule has 4 aliphatic heterocycles. The molecule has 0 radical (unpaired) electrons. The number of ketones is 1. The number of benzene rings is 3. The number of aromatic amines is 1. The summed E-state index contributed by atoms with van der Waals surface area (Å²) in [6.07, 6.45) is -2.10. The molecule has 3 aromatic carbocycles. The lowest BCUT2D eigenvalue weighted by atomic mass is 9.99. The third-order valence-electron chi connectivity index (χ3n) is 23.6. The zero-order chi connectivity index (χ0) is 94.0. The number of thioether (sulfide) groups is 1. The third-order valence-corrected chi connectivity index (χ3v) is 25.6. The van der Waals surface area contributed by atoms with Gasteiger partial charge >= 0.3 is 11.9 Å². The molecule has 22 N–H and O–H groups in total. The maximum atomic E-state index is 15.7. The van der Waals surface area contributed by atoms with Gasteiger partial charge < -0.3 is 121 Å². The van der Waals surface area contributed by atoms with Crippen LogP contribution in [-0.2, 0) is 101 Å². The molecule has 4 fully saturated rings. The number of rotatable bonds is 24. The minimum atomic E-state index is -2.06. The number of carboxylic acid groups (broad SMARTS) is 2. The number of para-hydroxylation sites is 1. The smallest absolute Gasteiger partial charge is 0.305 e. The van der Waals surface area contributed by atoms with Crippen LogP contribution in [0.3, 0.4) is 0 Å². The molecular formula is C87H119N19O21S2. The largest absolute Gasteiger partial charge is 0.508 e. The Balaban J connectivity index is 1.08. The van der Waals surface area contributed by atoms with Crippen LogP contribution in [0.2, 0.25) is 0 Å². The van der Waals surface area contributed by atoms with Crippen molar-refractivity contribution in [3.63, 3.8) is 0 Å². The number of H-pyrrole nitrogens is 1. The number of thiophene rings is 1. The molecule has 0 spiro atoms. The van der Waals surface area contributed by atoms with E-state index in [1.807, 2.05) is 37.4 Å². The summed E-state index contributed by atoms with van der Waals surface area (Å²) in [7, 11) is 2.81. The van der Waals surface area contributed by atoms with Crippen LogP contribution in [0.4, 0.5) is 0 Å². The zero-order valence-corrected chi connectivity index (χ0v) is 74.3. The number of hydrogen-bond donors (Lipinski definition) is 18. The summed E-state index contributed by atoms with van der Waals surface area (Å²) in [4.78, 5) is 254. The molecule has 15 atom stereocenters. The van der Waals surface area contributed by atoms with Crippen LogP contribution in [0.5, 0.6) is 5.75 Å². The molecule has 42 heteroatoms. The summed E-state index contributed by atoms with van der Waals surface area (Å²) in [6.45, 7) is 5.70. The van der Waals surface area contributed by atoms with Gasteiger partial charge in [-0.25, -0.2) is 0 Å². The molecule has 40 nitrogen and oxygen atoms in total. The van der Waals surface area contributed by atoms with Gasteiger partial charge in [0.2, 0.25) is 82.7 Å². The highest BCUT2D eigenvalue weighted by atomic mass is 32.2.